The molecule has 0 aromatic carbocycles. The number of thiazole rings is 1. The second kappa shape index (κ2) is 5.61. The summed E-state index contributed by atoms with van der Waals surface area (Å²) in [7, 11) is 0. The molecule has 2 N–H and O–H groups in total. The maximum atomic E-state index is 11.5. The van der Waals surface area contributed by atoms with Gasteiger partial charge in [-0.05, 0) is 11.4 Å². The number of carbonyl (C=O) groups excluding carboxylic acids is 1. The van der Waals surface area contributed by atoms with Crippen molar-refractivity contribution in [2.24, 2.45) is 0 Å². The molecule has 0 aliphatic carbocycles. The number of ether oxygens (including phenoxy) is 1. The Labute approximate surface area is 110 Å². The molecule has 2 aromatic heterocycles. The highest BCUT2D eigenvalue weighted by atomic mass is 32.1. The van der Waals surface area contributed by atoms with Gasteiger partial charge in [0, 0.05) is 11.6 Å². The number of rotatable bonds is 5. The fourth-order valence-electron chi connectivity index (χ4n) is 1.15. The Morgan fingerprint density at radius 1 is 1.39 bits per heavy atom. The SMILES string of the molecule is O=C(COc1ccsc1C(=O)O)Nc1nccs1. The number of anilines is 1. The van der Waals surface area contributed by atoms with Gasteiger partial charge in [-0.15, -0.1) is 22.7 Å². The Hall–Kier alpha value is -1.93. The van der Waals surface area contributed by atoms with Crippen LogP contribution in [0, 0.1) is 0 Å². The lowest BCUT2D eigenvalue weighted by atomic mass is 10.4. The molecule has 18 heavy (non-hydrogen) atoms. The van der Waals surface area contributed by atoms with E-state index in [1.807, 2.05) is 0 Å². The number of nitrogens with zero attached hydrogens (tertiary/aromatic N) is 1. The average Bonchev–Trinajstić information content (AvgIpc) is 2.96. The number of carboxylic acid groups (broad SMARTS) is 1. The van der Waals surface area contributed by atoms with Gasteiger partial charge in [-0.1, -0.05) is 0 Å². The number of hydrogen-bond donors (Lipinski definition) is 2. The summed E-state index contributed by atoms with van der Waals surface area (Å²) < 4.78 is 5.14. The van der Waals surface area contributed by atoms with E-state index in [1.54, 1.807) is 17.0 Å². The Kier molecular flexibility index (Phi) is 3.90. The number of amides is 1. The van der Waals surface area contributed by atoms with Crippen molar-refractivity contribution >= 4 is 39.7 Å². The minimum absolute atomic E-state index is 0.0806. The van der Waals surface area contributed by atoms with Crippen LogP contribution in [0.2, 0.25) is 0 Å². The normalized spacial score (nSPS) is 10.0. The zero-order valence-corrected chi connectivity index (χ0v) is 10.6. The molecular formula is C10H8N2O4S2. The summed E-state index contributed by atoms with van der Waals surface area (Å²) in [6.45, 7) is -0.253. The van der Waals surface area contributed by atoms with Crippen LogP contribution in [-0.2, 0) is 4.79 Å². The van der Waals surface area contributed by atoms with Crippen LogP contribution in [0.4, 0.5) is 5.13 Å². The lowest BCUT2D eigenvalue weighted by molar-refractivity contribution is -0.118. The highest BCUT2D eigenvalue weighted by Crippen LogP contribution is 2.24. The molecular weight excluding hydrogens is 276 g/mol. The fourth-order valence-corrected chi connectivity index (χ4v) is 2.37. The maximum absolute atomic E-state index is 11.5. The van der Waals surface area contributed by atoms with Crippen LogP contribution in [0.25, 0.3) is 0 Å². The number of hydrogen-bond acceptors (Lipinski definition) is 6. The van der Waals surface area contributed by atoms with Crippen molar-refractivity contribution in [2.75, 3.05) is 11.9 Å². The number of aromatic carboxylic acids is 1. The van der Waals surface area contributed by atoms with Crippen LogP contribution in [0.3, 0.4) is 0 Å². The lowest BCUT2D eigenvalue weighted by Crippen LogP contribution is -2.20. The monoisotopic (exact) mass is 284 g/mol. The van der Waals surface area contributed by atoms with Gasteiger partial charge in [-0.3, -0.25) is 10.1 Å². The second-order valence-electron chi connectivity index (χ2n) is 3.09. The van der Waals surface area contributed by atoms with Crippen LogP contribution in [0.5, 0.6) is 5.75 Å². The van der Waals surface area contributed by atoms with Crippen molar-refractivity contribution in [1.29, 1.82) is 0 Å². The first-order valence-electron chi connectivity index (χ1n) is 4.80. The van der Waals surface area contributed by atoms with Crippen molar-refractivity contribution < 1.29 is 19.4 Å². The summed E-state index contributed by atoms with van der Waals surface area (Å²) >= 11 is 2.34. The molecule has 0 aliphatic heterocycles. The molecule has 0 spiro atoms. The van der Waals surface area contributed by atoms with Crippen LogP contribution in [0.15, 0.2) is 23.0 Å². The highest BCUT2D eigenvalue weighted by Gasteiger charge is 2.14. The molecule has 0 radical (unpaired) electrons. The van der Waals surface area contributed by atoms with E-state index < -0.39 is 5.97 Å². The fraction of sp³-hybridized carbons (Fsp3) is 0.100. The number of nitrogens with one attached hydrogen (secondary N) is 1. The van der Waals surface area contributed by atoms with E-state index in [2.05, 4.69) is 10.3 Å². The molecule has 94 valence electrons. The number of carboxylic acids is 1. The van der Waals surface area contributed by atoms with E-state index in [0.29, 0.717) is 5.13 Å². The van der Waals surface area contributed by atoms with Crippen molar-refractivity contribution in [3.63, 3.8) is 0 Å². The first-order valence-corrected chi connectivity index (χ1v) is 6.55. The first-order chi connectivity index (χ1) is 8.66. The second-order valence-corrected chi connectivity index (χ2v) is 4.90. The molecule has 2 aromatic rings. The maximum Gasteiger partial charge on any atom is 0.349 e. The Morgan fingerprint density at radius 2 is 2.22 bits per heavy atom. The molecule has 0 saturated carbocycles. The predicted octanol–water partition coefficient (Wildman–Crippen LogP) is 1.92. The van der Waals surface area contributed by atoms with Crippen molar-refractivity contribution in [3.8, 4) is 5.75 Å². The van der Waals surface area contributed by atoms with E-state index in [9.17, 15) is 9.59 Å². The molecule has 8 heteroatoms. The summed E-state index contributed by atoms with van der Waals surface area (Å²) in [6.07, 6.45) is 1.57. The molecule has 0 saturated heterocycles. The third-order valence-corrected chi connectivity index (χ3v) is 3.43. The first kappa shape index (κ1) is 12.5. The summed E-state index contributed by atoms with van der Waals surface area (Å²) in [5, 5.41) is 15.2. The van der Waals surface area contributed by atoms with Gasteiger partial charge in [0.05, 0.1) is 0 Å². The van der Waals surface area contributed by atoms with E-state index in [-0.39, 0.29) is 23.1 Å². The molecule has 0 aliphatic rings. The average molecular weight is 284 g/mol. The molecule has 2 heterocycles. The van der Waals surface area contributed by atoms with Gasteiger partial charge in [0.2, 0.25) is 0 Å². The van der Waals surface area contributed by atoms with Crippen LogP contribution in [0.1, 0.15) is 9.67 Å². The zero-order chi connectivity index (χ0) is 13.0. The summed E-state index contributed by atoms with van der Waals surface area (Å²) in [6, 6.07) is 1.52. The molecule has 0 unspecified atom stereocenters. The minimum Gasteiger partial charge on any atom is -0.482 e. The standard InChI is InChI=1S/C10H8N2O4S2/c13-7(12-10-11-2-4-18-10)5-16-6-1-3-17-8(6)9(14)15/h1-4H,5H2,(H,14,15)(H,11,12,13). The van der Waals surface area contributed by atoms with Crippen molar-refractivity contribution in [2.45, 2.75) is 0 Å². The number of thiophene rings is 1. The lowest BCUT2D eigenvalue weighted by Gasteiger charge is -2.04. The highest BCUT2D eigenvalue weighted by molar-refractivity contribution is 7.13. The van der Waals surface area contributed by atoms with Crippen LogP contribution < -0.4 is 10.1 Å². The number of carbonyl (C=O) groups is 2. The Balaban J connectivity index is 1.89. The van der Waals surface area contributed by atoms with E-state index in [4.69, 9.17) is 9.84 Å². The smallest absolute Gasteiger partial charge is 0.349 e. The zero-order valence-electron chi connectivity index (χ0n) is 8.95. The molecule has 6 nitrogen and oxygen atoms in total. The molecule has 0 bridgehead atoms. The van der Waals surface area contributed by atoms with Gasteiger partial charge in [-0.2, -0.15) is 0 Å². The van der Waals surface area contributed by atoms with Crippen LogP contribution >= 0.6 is 22.7 Å². The van der Waals surface area contributed by atoms with Crippen molar-refractivity contribution in [1.82, 2.24) is 4.98 Å². The van der Waals surface area contributed by atoms with Gasteiger partial charge in [0.25, 0.3) is 5.91 Å². The summed E-state index contributed by atoms with van der Waals surface area (Å²) in [5.74, 6) is -1.25. The van der Waals surface area contributed by atoms with E-state index >= 15 is 0 Å². The number of aromatic nitrogens is 1. The molecule has 2 rings (SSSR count). The van der Waals surface area contributed by atoms with Gasteiger partial charge < -0.3 is 9.84 Å². The van der Waals surface area contributed by atoms with Gasteiger partial charge >= 0.3 is 5.97 Å². The molecule has 1 amide bonds. The summed E-state index contributed by atoms with van der Waals surface area (Å²) in [4.78, 5) is 26.2. The van der Waals surface area contributed by atoms with Crippen molar-refractivity contribution in [3.05, 3.63) is 27.9 Å². The predicted molar refractivity (Wildman–Crippen MR) is 67.5 cm³/mol. The summed E-state index contributed by atoms with van der Waals surface area (Å²) in [5.41, 5.74) is 0. The third-order valence-electron chi connectivity index (χ3n) is 1.86. The Morgan fingerprint density at radius 3 is 2.89 bits per heavy atom. The quantitative estimate of drug-likeness (QED) is 0.875. The van der Waals surface area contributed by atoms with E-state index in [1.165, 1.54) is 17.4 Å². The molecule has 0 atom stereocenters. The van der Waals surface area contributed by atoms with Gasteiger partial charge in [0.15, 0.2) is 16.6 Å². The third kappa shape index (κ3) is 3.05. The molecule has 0 fully saturated rings. The van der Waals surface area contributed by atoms with Crippen LogP contribution in [-0.4, -0.2) is 28.6 Å². The largest absolute Gasteiger partial charge is 0.482 e. The van der Waals surface area contributed by atoms with Gasteiger partial charge in [-0.25, -0.2) is 9.78 Å². The van der Waals surface area contributed by atoms with E-state index in [0.717, 1.165) is 11.3 Å². The minimum atomic E-state index is -1.07. The Bertz CT molecular complexity index is 550. The topological polar surface area (TPSA) is 88.5 Å². The van der Waals surface area contributed by atoms with Gasteiger partial charge in [0.1, 0.15) is 5.75 Å².